The van der Waals surface area contributed by atoms with Gasteiger partial charge in [-0.2, -0.15) is 0 Å². The Morgan fingerprint density at radius 1 is 1.38 bits per heavy atom. The summed E-state index contributed by atoms with van der Waals surface area (Å²) in [6, 6.07) is 3.41. The molecule has 1 aromatic rings. The number of halogens is 2. The minimum atomic E-state index is -0.886. The van der Waals surface area contributed by atoms with Crippen molar-refractivity contribution in [2.45, 2.75) is 31.8 Å². The quantitative estimate of drug-likeness (QED) is 0.799. The van der Waals surface area contributed by atoms with Gasteiger partial charge < -0.3 is 15.7 Å². The number of carboxylic acid groups (broad SMARTS) is 1. The van der Waals surface area contributed by atoms with Crippen molar-refractivity contribution in [1.29, 1.82) is 0 Å². The summed E-state index contributed by atoms with van der Waals surface area (Å²) in [6.45, 7) is 0.191. The molecule has 1 aliphatic carbocycles. The second-order valence-electron chi connectivity index (χ2n) is 5.06. The Balaban J connectivity index is 1.84. The third kappa shape index (κ3) is 4.07. The number of nitrogens with one attached hydrogen (secondary N) is 2. The highest BCUT2D eigenvalue weighted by molar-refractivity contribution is 6.30. The van der Waals surface area contributed by atoms with Crippen LogP contribution in [0.15, 0.2) is 18.2 Å². The van der Waals surface area contributed by atoms with Crippen LogP contribution < -0.4 is 10.6 Å². The maximum absolute atomic E-state index is 13.0. The zero-order valence-electron chi connectivity index (χ0n) is 11.2. The lowest BCUT2D eigenvalue weighted by molar-refractivity contribution is -0.142. The van der Waals surface area contributed by atoms with Gasteiger partial charge in [0.25, 0.3) is 0 Å². The molecule has 0 aliphatic heterocycles. The van der Waals surface area contributed by atoms with Crippen molar-refractivity contribution in [3.63, 3.8) is 0 Å². The molecule has 2 atom stereocenters. The minimum absolute atomic E-state index is 0.00329. The smallest absolute Gasteiger partial charge is 0.315 e. The van der Waals surface area contributed by atoms with Gasteiger partial charge in [-0.1, -0.05) is 24.1 Å². The summed E-state index contributed by atoms with van der Waals surface area (Å²) in [4.78, 5) is 22.8. The fourth-order valence-electron chi connectivity index (χ4n) is 2.48. The Kier molecular flexibility index (Phi) is 5.01. The SMILES string of the molecule is O=C(NCc1ccc(F)c(Cl)c1)NC1CCCC1C(=O)O. The molecule has 1 saturated carbocycles. The number of carboxylic acids is 1. The van der Waals surface area contributed by atoms with Crippen LogP contribution in [0.4, 0.5) is 9.18 Å². The number of amides is 2. The molecule has 0 spiro atoms. The molecule has 0 radical (unpaired) electrons. The monoisotopic (exact) mass is 314 g/mol. The summed E-state index contributed by atoms with van der Waals surface area (Å²) in [5.74, 6) is -1.93. The maximum atomic E-state index is 13.0. The lowest BCUT2D eigenvalue weighted by Gasteiger charge is -2.18. The lowest BCUT2D eigenvalue weighted by Crippen LogP contribution is -2.45. The summed E-state index contributed by atoms with van der Waals surface area (Å²) >= 11 is 5.65. The molecule has 0 bridgehead atoms. The van der Waals surface area contributed by atoms with Crippen LogP contribution >= 0.6 is 11.6 Å². The molecule has 21 heavy (non-hydrogen) atoms. The van der Waals surface area contributed by atoms with Gasteiger partial charge in [-0.25, -0.2) is 9.18 Å². The first-order valence-corrected chi connectivity index (χ1v) is 7.06. The molecule has 5 nitrogen and oxygen atoms in total. The van der Waals surface area contributed by atoms with Gasteiger partial charge in [-0.3, -0.25) is 4.79 Å². The van der Waals surface area contributed by atoms with Gasteiger partial charge in [0.1, 0.15) is 5.82 Å². The molecule has 1 aliphatic rings. The van der Waals surface area contributed by atoms with Crippen molar-refractivity contribution in [3.05, 3.63) is 34.6 Å². The van der Waals surface area contributed by atoms with Crippen LogP contribution in [0.2, 0.25) is 5.02 Å². The number of urea groups is 1. The highest BCUT2D eigenvalue weighted by Crippen LogP contribution is 2.25. The van der Waals surface area contributed by atoms with Crippen LogP contribution in [0.5, 0.6) is 0 Å². The largest absolute Gasteiger partial charge is 0.481 e. The lowest BCUT2D eigenvalue weighted by atomic mass is 10.0. The van der Waals surface area contributed by atoms with Crippen LogP contribution in [-0.4, -0.2) is 23.1 Å². The normalized spacial score (nSPS) is 21.0. The topological polar surface area (TPSA) is 78.4 Å². The highest BCUT2D eigenvalue weighted by Gasteiger charge is 2.33. The van der Waals surface area contributed by atoms with Crippen LogP contribution in [0.25, 0.3) is 0 Å². The van der Waals surface area contributed by atoms with E-state index < -0.39 is 23.7 Å². The van der Waals surface area contributed by atoms with E-state index in [9.17, 15) is 14.0 Å². The van der Waals surface area contributed by atoms with Gasteiger partial charge in [0.15, 0.2) is 0 Å². The first-order valence-electron chi connectivity index (χ1n) is 6.68. The molecular weight excluding hydrogens is 299 g/mol. The van der Waals surface area contributed by atoms with E-state index in [1.807, 2.05) is 0 Å². The summed E-state index contributed by atoms with van der Waals surface area (Å²) in [5.41, 5.74) is 0.665. The van der Waals surface area contributed by atoms with Gasteiger partial charge in [0.2, 0.25) is 0 Å². The maximum Gasteiger partial charge on any atom is 0.315 e. The van der Waals surface area contributed by atoms with Crippen LogP contribution in [0.1, 0.15) is 24.8 Å². The molecule has 2 rings (SSSR count). The van der Waals surface area contributed by atoms with Gasteiger partial charge >= 0.3 is 12.0 Å². The van der Waals surface area contributed by atoms with E-state index in [0.29, 0.717) is 18.4 Å². The molecule has 114 valence electrons. The van der Waals surface area contributed by atoms with Crippen molar-refractivity contribution >= 4 is 23.6 Å². The standard InChI is InChI=1S/C14H16ClFN2O3/c15-10-6-8(4-5-11(10)16)7-17-14(21)18-12-3-1-2-9(12)13(19)20/h4-6,9,12H,1-3,7H2,(H,19,20)(H2,17,18,21). The molecule has 3 N–H and O–H groups in total. The Morgan fingerprint density at radius 2 is 2.14 bits per heavy atom. The van der Waals surface area contributed by atoms with E-state index in [1.165, 1.54) is 18.2 Å². The summed E-state index contributed by atoms with van der Waals surface area (Å²) < 4.78 is 13.0. The molecule has 1 fully saturated rings. The van der Waals surface area contributed by atoms with E-state index in [-0.39, 0.29) is 17.6 Å². The number of aliphatic carboxylic acids is 1. The first-order chi connectivity index (χ1) is 9.97. The van der Waals surface area contributed by atoms with Gasteiger partial charge in [0, 0.05) is 12.6 Å². The Labute approximate surface area is 126 Å². The van der Waals surface area contributed by atoms with E-state index in [4.69, 9.17) is 16.7 Å². The van der Waals surface area contributed by atoms with Crippen LogP contribution in [0.3, 0.4) is 0 Å². The number of benzene rings is 1. The van der Waals surface area contributed by atoms with Gasteiger partial charge in [-0.05, 0) is 30.5 Å². The number of hydrogen-bond donors (Lipinski definition) is 3. The number of hydrogen-bond acceptors (Lipinski definition) is 2. The second-order valence-corrected chi connectivity index (χ2v) is 5.46. The predicted octanol–water partition coefficient (Wildman–Crippen LogP) is 2.53. The van der Waals surface area contributed by atoms with Crippen LogP contribution in [0, 0.1) is 11.7 Å². The van der Waals surface area contributed by atoms with Crippen molar-refractivity contribution in [3.8, 4) is 0 Å². The second kappa shape index (κ2) is 6.76. The average molecular weight is 315 g/mol. The zero-order valence-corrected chi connectivity index (χ0v) is 12.0. The molecule has 1 aromatic carbocycles. The number of carbonyl (C=O) groups excluding carboxylic acids is 1. The fraction of sp³-hybridized carbons (Fsp3) is 0.429. The summed E-state index contributed by atoms with van der Waals surface area (Å²) in [5, 5.41) is 14.3. The van der Waals surface area contributed by atoms with Crippen molar-refractivity contribution in [2.24, 2.45) is 5.92 Å². The zero-order chi connectivity index (χ0) is 15.4. The Bertz CT molecular complexity index is 553. The van der Waals surface area contributed by atoms with Crippen molar-refractivity contribution in [1.82, 2.24) is 10.6 Å². The third-order valence-corrected chi connectivity index (χ3v) is 3.88. The highest BCUT2D eigenvalue weighted by atomic mass is 35.5. The molecular formula is C14H16ClFN2O3. The predicted molar refractivity (Wildman–Crippen MR) is 75.5 cm³/mol. The first kappa shape index (κ1) is 15.6. The average Bonchev–Trinajstić information content (AvgIpc) is 2.88. The van der Waals surface area contributed by atoms with E-state index in [0.717, 1.165) is 6.42 Å². The third-order valence-electron chi connectivity index (χ3n) is 3.59. The molecule has 7 heteroatoms. The molecule has 2 amide bonds. The summed E-state index contributed by atoms with van der Waals surface area (Å²) in [7, 11) is 0. The fourth-order valence-corrected chi connectivity index (χ4v) is 2.68. The van der Waals surface area contributed by atoms with E-state index in [2.05, 4.69) is 10.6 Å². The molecule has 0 saturated heterocycles. The van der Waals surface area contributed by atoms with E-state index in [1.54, 1.807) is 0 Å². The van der Waals surface area contributed by atoms with Crippen molar-refractivity contribution < 1.29 is 19.1 Å². The molecule has 2 unspecified atom stereocenters. The van der Waals surface area contributed by atoms with Crippen LogP contribution in [-0.2, 0) is 11.3 Å². The molecule has 0 aromatic heterocycles. The minimum Gasteiger partial charge on any atom is -0.481 e. The van der Waals surface area contributed by atoms with Gasteiger partial charge in [0.05, 0.1) is 10.9 Å². The van der Waals surface area contributed by atoms with Crippen molar-refractivity contribution in [2.75, 3.05) is 0 Å². The Morgan fingerprint density at radius 3 is 2.81 bits per heavy atom. The van der Waals surface area contributed by atoms with E-state index >= 15 is 0 Å². The number of rotatable bonds is 4. The van der Waals surface area contributed by atoms with Gasteiger partial charge in [-0.15, -0.1) is 0 Å². The molecule has 0 heterocycles. The Hall–Kier alpha value is -1.82. The summed E-state index contributed by atoms with van der Waals surface area (Å²) in [6.07, 6.45) is 2.02. The number of carbonyl (C=O) groups is 2.